The maximum atomic E-state index is 9.94. The Hall–Kier alpha value is -0.0800. The summed E-state index contributed by atoms with van der Waals surface area (Å²) in [6, 6.07) is 0. The Morgan fingerprint density at radius 3 is 1.67 bits per heavy atom. The van der Waals surface area contributed by atoms with Gasteiger partial charge in [0.05, 0.1) is 12.2 Å². The highest BCUT2D eigenvalue weighted by Gasteiger charge is 2.69. The second-order valence-corrected chi connectivity index (χ2v) is 4.72. The first-order valence-corrected chi connectivity index (χ1v) is 4.74. The molecule has 0 aromatic carbocycles. The fourth-order valence-electron chi connectivity index (χ4n) is 2.79. The van der Waals surface area contributed by atoms with Crippen LogP contribution in [0.4, 0.5) is 0 Å². The van der Waals surface area contributed by atoms with Crippen molar-refractivity contribution in [2.24, 2.45) is 17.3 Å². The van der Waals surface area contributed by atoms with Crippen molar-refractivity contribution in [1.29, 1.82) is 0 Å². The van der Waals surface area contributed by atoms with Crippen LogP contribution in [0.1, 0.15) is 34.1 Å². The predicted molar refractivity (Wildman–Crippen MR) is 48.8 cm³/mol. The zero-order chi connectivity index (χ0) is 9.57. The second kappa shape index (κ2) is 2.71. The third-order valence-electron chi connectivity index (χ3n) is 3.65. The van der Waals surface area contributed by atoms with Crippen molar-refractivity contribution >= 4 is 0 Å². The summed E-state index contributed by atoms with van der Waals surface area (Å²) in [5, 5.41) is 19.0. The van der Waals surface area contributed by atoms with E-state index in [0.29, 0.717) is 11.8 Å². The van der Waals surface area contributed by atoms with Crippen molar-refractivity contribution < 1.29 is 10.2 Å². The van der Waals surface area contributed by atoms with Crippen LogP contribution in [0, 0.1) is 17.3 Å². The predicted octanol–water partition coefficient (Wildman–Crippen LogP) is 1.41. The van der Waals surface area contributed by atoms with Crippen LogP contribution in [0.5, 0.6) is 0 Å². The summed E-state index contributed by atoms with van der Waals surface area (Å²) >= 11 is 0. The number of aliphatic hydroxyl groups excluding tert-OH is 1. The van der Waals surface area contributed by atoms with Crippen LogP contribution in [0.2, 0.25) is 0 Å². The van der Waals surface area contributed by atoms with Crippen LogP contribution < -0.4 is 0 Å². The molecule has 0 spiro atoms. The first-order valence-electron chi connectivity index (χ1n) is 4.74. The molecular weight excluding hydrogens is 152 g/mol. The van der Waals surface area contributed by atoms with E-state index < -0.39 is 5.60 Å². The van der Waals surface area contributed by atoms with E-state index in [1.54, 1.807) is 0 Å². The summed E-state index contributed by atoms with van der Waals surface area (Å²) < 4.78 is 0. The molecule has 0 radical (unpaired) electrons. The summed E-state index contributed by atoms with van der Waals surface area (Å²) in [7, 11) is 0. The summed E-state index contributed by atoms with van der Waals surface area (Å²) in [4.78, 5) is 0. The summed E-state index contributed by atoms with van der Waals surface area (Å²) in [5.74, 6) is 0.879. The maximum absolute atomic E-state index is 9.94. The molecule has 1 unspecified atom stereocenters. The van der Waals surface area contributed by atoms with E-state index in [9.17, 15) is 5.11 Å². The second-order valence-electron chi connectivity index (χ2n) is 4.72. The monoisotopic (exact) mass is 172 g/mol. The van der Waals surface area contributed by atoms with Gasteiger partial charge in [-0.15, -0.1) is 0 Å². The highest BCUT2D eigenvalue weighted by atomic mass is 16.3. The van der Waals surface area contributed by atoms with Crippen LogP contribution in [0.15, 0.2) is 0 Å². The van der Waals surface area contributed by atoms with Gasteiger partial charge in [-0.3, -0.25) is 0 Å². The SMILES string of the molecule is CC(C)C1(C(C)C)CC1(O)CO. The molecule has 2 nitrogen and oxygen atoms in total. The number of aliphatic hydroxyl groups is 2. The Morgan fingerprint density at radius 1 is 1.17 bits per heavy atom. The van der Waals surface area contributed by atoms with Gasteiger partial charge in [0.1, 0.15) is 0 Å². The van der Waals surface area contributed by atoms with Crippen molar-refractivity contribution in [3.05, 3.63) is 0 Å². The van der Waals surface area contributed by atoms with E-state index in [-0.39, 0.29) is 12.0 Å². The first kappa shape index (κ1) is 10.0. The third-order valence-corrected chi connectivity index (χ3v) is 3.65. The van der Waals surface area contributed by atoms with Crippen LogP contribution in [-0.4, -0.2) is 22.4 Å². The lowest BCUT2D eigenvalue weighted by molar-refractivity contribution is 0.00572. The van der Waals surface area contributed by atoms with Crippen LogP contribution >= 0.6 is 0 Å². The van der Waals surface area contributed by atoms with Crippen LogP contribution in [-0.2, 0) is 0 Å². The smallest absolute Gasteiger partial charge is 0.0945 e. The first-order chi connectivity index (χ1) is 5.40. The highest BCUT2D eigenvalue weighted by molar-refractivity contribution is 5.18. The molecule has 72 valence electrons. The normalized spacial score (nSPS) is 33.0. The molecule has 0 aliphatic heterocycles. The highest BCUT2D eigenvalue weighted by Crippen LogP contribution is 2.64. The molecule has 1 fully saturated rings. The average Bonchev–Trinajstić information content (AvgIpc) is 2.59. The number of hydrogen-bond donors (Lipinski definition) is 2. The van der Waals surface area contributed by atoms with Gasteiger partial charge in [-0.25, -0.2) is 0 Å². The Morgan fingerprint density at radius 2 is 1.58 bits per heavy atom. The Kier molecular flexibility index (Phi) is 2.26. The Bertz CT molecular complexity index is 167. The van der Waals surface area contributed by atoms with E-state index in [1.807, 2.05) is 0 Å². The largest absolute Gasteiger partial charge is 0.393 e. The number of hydrogen-bond acceptors (Lipinski definition) is 2. The topological polar surface area (TPSA) is 40.5 Å². The minimum atomic E-state index is -0.796. The molecule has 0 amide bonds. The minimum absolute atomic E-state index is 0.0399. The van der Waals surface area contributed by atoms with Gasteiger partial charge in [0.2, 0.25) is 0 Å². The third kappa shape index (κ3) is 1.01. The van der Waals surface area contributed by atoms with E-state index in [0.717, 1.165) is 6.42 Å². The molecule has 2 N–H and O–H groups in total. The molecule has 0 aromatic heterocycles. The zero-order valence-corrected chi connectivity index (χ0v) is 8.46. The van der Waals surface area contributed by atoms with Gasteiger partial charge in [-0.1, -0.05) is 27.7 Å². The van der Waals surface area contributed by atoms with Gasteiger partial charge >= 0.3 is 0 Å². The van der Waals surface area contributed by atoms with E-state index in [1.165, 1.54) is 0 Å². The van der Waals surface area contributed by atoms with Crippen molar-refractivity contribution in [3.8, 4) is 0 Å². The van der Waals surface area contributed by atoms with Gasteiger partial charge < -0.3 is 10.2 Å². The fourth-order valence-corrected chi connectivity index (χ4v) is 2.79. The molecule has 2 heteroatoms. The Balaban J connectivity index is 2.82. The van der Waals surface area contributed by atoms with Crippen molar-refractivity contribution in [2.75, 3.05) is 6.61 Å². The molecule has 1 aliphatic rings. The molecule has 1 atom stereocenters. The van der Waals surface area contributed by atoms with Crippen LogP contribution in [0.3, 0.4) is 0 Å². The molecule has 0 saturated heterocycles. The molecule has 0 heterocycles. The standard InChI is InChI=1S/C10H20O2/c1-7(2)10(8(3)4)5-9(10,12)6-11/h7-8,11-12H,5-6H2,1-4H3. The molecule has 1 saturated carbocycles. The van der Waals surface area contributed by atoms with E-state index in [4.69, 9.17) is 5.11 Å². The molecular formula is C10H20O2. The van der Waals surface area contributed by atoms with Gasteiger partial charge in [-0.2, -0.15) is 0 Å². The molecule has 1 aliphatic carbocycles. The lowest BCUT2D eigenvalue weighted by Crippen LogP contribution is -2.32. The maximum Gasteiger partial charge on any atom is 0.0945 e. The summed E-state index contributed by atoms with van der Waals surface area (Å²) in [6.07, 6.45) is 0.756. The van der Waals surface area contributed by atoms with Gasteiger partial charge in [-0.05, 0) is 18.3 Å². The van der Waals surface area contributed by atoms with Gasteiger partial charge in [0.25, 0.3) is 0 Å². The average molecular weight is 172 g/mol. The number of rotatable bonds is 3. The van der Waals surface area contributed by atoms with E-state index in [2.05, 4.69) is 27.7 Å². The quantitative estimate of drug-likeness (QED) is 0.675. The van der Waals surface area contributed by atoms with Crippen molar-refractivity contribution in [3.63, 3.8) is 0 Å². The lowest BCUT2D eigenvalue weighted by atomic mass is 9.79. The van der Waals surface area contributed by atoms with Gasteiger partial charge in [0.15, 0.2) is 0 Å². The fraction of sp³-hybridized carbons (Fsp3) is 1.00. The van der Waals surface area contributed by atoms with Crippen molar-refractivity contribution in [1.82, 2.24) is 0 Å². The van der Waals surface area contributed by atoms with Crippen molar-refractivity contribution in [2.45, 2.75) is 39.7 Å². The molecule has 1 rings (SSSR count). The molecule has 0 aromatic rings. The van der Waals surface area contributed by atoms with Gasteiger partial charge in [0, 0.05) is 5.41 Å². The lowest BCUT2D eigenvalue weighted by Gasteiger charge is -2.28. The van der Waals surface area contributed by atoms with Crippen LogP contribution in [0.25, 0.3) is 0 Å². The minimum Gasteiger partial charge on any atom is -0.393 e. The Labute approximate surface area is 74.6 Å². The summed E-state index contributed by atoms with van der Waals surface area (Å²) in [6.45, 7) is 8.38. The molecule has 0 bridgehead atoms. The molecule has 12 heavy (non-hydrogen) atoms. The van der Waals surface area contributed by atoms with E-state index >= 15 is 0 Å². The zero-order valence-electron chi connectivity index (χ0n) is 8.46. The summed E-state index contributed by atoms with van der Waals surface area (Å²) in [5.41, 5.74) is -0.836.